The highest BCUT2D eigenvalue weighted by Gasteiger charge is 2.64. The van der Waals surface area contributed by atoms with Gasteiger partial charge in [0.25, 0.3) is 5.91 Å². The number of rotatable bonds is 6. The van der Waals surface area contributed by atoms with E-state index >= 15 is 0 Å². The number of ketones is 2. The summed E-state index contributed by atoms with van der Waals surface area (Å²) in [7, 11) is 4.57. The highest BCUT2D eigenvalue weighted by Crippen LogP contribution is 2.53. The van der Waals surface area contributed by atoms with Crippen LogP contribution in [0.1, 0.15) is 28.7 Å². The lowest BCUT2D eigenvalue weighted by atomic mass is 9.57. The van der Waals surface area contributed by atoms with Crippen molar-refractivity contribution >= 4 is 29.3 Å². The molecule has 42 heavy (non-hydrogen) atoms. The molecule has 4 atom stereocenters. The fourth-order valence-corrected chi connectivity index (χ4v) is 6.60. The quantitative estimate of drug-likeness (QED) is 0.277. The topological polar surface area (TPSA) is 191 Å². The van der Waals surface area contributed by atoms with Gasteiger partial charge in [0.05, 0.1) is 18.7 Å². The Morgan fingerprint density at radius 1 is 1.12 bits per heavy atom. The summed E-state index contributed by atoms with van der Waals surface area (Å²) in [6, 6.07) is 6.92. The van der Waals surface area contributed by atoms with Crippen molar-refractivity contribution in [2.45, 2.75) is 30.9 Å². The number of aromatic hydroxyl groups is 2. The van der Waals surface area contributed by atoms with E-state index in [4.69, 9.17) is 10.5 Å². The van der Waals surface area contributed by atoms with Crippen LogP contribution >= 0.6 is 0 Å². The lowest BCUT2D eigenvalue weighted by molar-refractivity contribution is -0.153. The molecule has 0 heterocycles. The van der Waals surface area contributed by atoms with Gasteiger partial charge in [-0.15, -0.1) is 0 Å². The number of phenols is 2. The molecular weight excluding hydrogens is 544 g/mol. The number of methoxy groups -OCH3 is 1. The number of likely N-dealkylation sites (N-methyl/N-ethyl adjacent to an activating group) is 1. The van der Waals surface area contributed by atoms with Gasteiger partial charge in [0.15, 0.2) is 22.9 Å². The monoisotopic (exact) mass is 576 g/mol. The van der Waals surface area contributed by atoms with Crippen molar-refractivity contribution in [2.75, 3.05) is 21.2 Å². The lowest BCUT2D eigenvalue weighted by Gasteiger charge is -2.50. The third-order valence-electron chi connectivity index (χ3n) is 8.54. The average Bonchev–Trinajstić information content (AvgIpc) is 2.92. The van der Waals surface area contributed by atoms with Crippen molar-refractivity contribution in [1.82, 2.24) is 4.90 Å². The fraction of sp³-hybridized carbons (Fsp3) is 0.323. The first-order chi connectivity index (χ1) is 19.8. The summed E-state index contributed by atoms with van der Waals surface area (Å²) in [6.07, 6.45) is 4.37. The summed E-state index contributed by atoms with van der Waals surface area (Å²) in [5, 5.41) is 54.6. The Hall–Kier alpha value is -4.61. The molecule has 11 heteroatoms. The Bertz CT molecular complexity index is 1620. The molecule has 220 valence electrons. The number of fused-ring (bicyclic) bond motifs is 3. The Labute approximate surface area is 241 Å². The first kappa shape index (κ1) is 28.9. The molecule has 5 rings (SSSR count). The van der Waals surface area contributed by atoms with Crippen molar-refractivity contribution in [3.8, 4) is 17.2 Å². The van der Waals surface area contributed by atoms with Crippen molar-refractivity contribution in [3.63, 3.8) is 0 Å². The minimum Gasteiger partial charge on any atom is -0.508 e. The van der Waals surface area contributed by atoms with E-state index in [0.717, 1.165) is 5.56 Å². The molecule has 2 aromatic rings. The van der Waals surface area contributed by atoms with Crippen molar-refractivity contribution in [3.05, 3.63) is 75.6 Å². The van der Waals surface area contributed by atoms with E-state index in [0.29, 0.717) is 23.3 Å². The Balaban J connectivity index is 1.58. The molecule has 0 unspecified atom stereocenters. The Morgan fingerprint density at radius 3 is 2.45 bits per heavy atom. The average molecular weight is 577 g/mol. The number of phenolic OH excluding ortho intramolecular Hbond substituents is 2. The molecule has 0 aliphatic heterocycles. The second-order valence-corrected chi connectivity index (χ2v) is 11.1. The first-order valence-corrected chi connectivity index (χ1v) is 13.3. The van der Waals surface area contributed by atoms with E-state index < -0.39 is 58.0 Å². The third-order valence-corrected chi connectivity index (χ3v) is 8.54. The lowest BCUT2D eigenvalue weighted by Crippen LogP contribution is -2.65. The van der Waals surface area contributed by atoms with Crippen LogP contribution in [0.4, 0.5) is 0 Å². The molecule has 7 N–H and O–H groups in total. The number of hydrogen-bond acceptors (Lipinski definition) is 10. The van der Waals surface area contributed by atoms with E-state index in [1.807, 2.05) is 12.2 Å². The summed E-state index contributed by atoms with van der Waals surface area (Å²) >= 11 is 0. The summed E-state index contributed by atoms with van der Waals surface area (Å²) in [5.74, 6) is -6.51. The highest BCUT2D eigenvalue weighted by molar-refractivity contribution is 6.24. The molecule has 11 nitrogen and oxygen atoms in total. The zero-order valence-electron chi connectivity index (χ0n) is 23.3. The number of nitrogens with two attached hydrogens (primary N) is 1. The van der Waals surface area contributed by atoms with Crippen molar-refractivity contribution in [2.24, 2.45) is 17.6 Å². The molecule has 3 aliphatic carbocycles. The number of ether oxygens (including phenoxy) is 1. The van der Waals surface area contributed by atoms with Crippen LogP contribution in [0.5, 0.6) is 17.2 Å². The second kappa shape index (κ2) is 10.3. The maximum absolute atomic E-state index is 13.9. The summed E-state index contributed by atoms with van der Waals surface area (Å²) in [6.45, 7) is 0. The molecule has 1 saturated carbocycles. The smallest absolute Gasteiger partial charge is 0.255 e. The minimum atomic E-state index is -2.68. The largest absolute Gasteiger partial charge is 0.508 e. The van der Waals surface area contributed by atoms with Gasteiger partial charge in [-0.3, -0.25) is 19.3 Å². The molecule has 2 aromatic carbocycles. The SMILES string of the molecule is COc1cc(C/C=C\c2ccc(O)c3c2C[C@@H]2C[C@@H]4[C@H](N(C)C)C(=O)C(C(N)=O)=C(O)[C@]4(O)C(=O)C2=C3O)ccc1O. The van der Waals surface area contributed by atoms with Crippen LogP contribution in [0.25, 0.3) is 11.8 Å². The van der Waals surface area contributed by atoms with Crippen molar-refractivity contribution < 1.29 is 44.7 Å². The van der Waals surface area contributed by atoms with Gasteiger partial charge in [0.2, 0.25) is 5.78 Å². The number of aliphatic hydroxyl groups is 3. The molecular formula is C31H32N2O9. The number of benzene rings is 2. The number of nitrogens with zero attached hydrogens (tertiary/aromatic N) is 1. The van der Waals surface area contributed by atoms with Gasteiger partial charge in [0, 0.05) is 11.5 Å². The standard InChI is InChI=1S/C31H32N2O9/c1-33(2)25-18-13-16-12-17-15(6-4-5-14-7-9-19(34)21(11-14)42-3)8-10-20(35)23(17)26(36)22(16)28(38)31(18,41)29(39)24(27(25)37)30(32)40/h4,6-11,16,18,25,34-36,39,41H,5,12-13H2,1-3H3,(H2,32,40)/b6-4-/t16-,18-,25+,31-/m1/s1. The van der Waals surface area contributed by atoms with Crippen LogP contribution < -0.4 is 10.5 Å². The van der Waals surface area contributed by atoms with Gasteiger partial charge in [-0.25, -0.2) is 0 Å². The van der Waals surface area contributed by atoms with E-state index in [-0.39, 0.29) is 35.5 Å². The summed E-state index contributed by atoms with van der Waals surface area (Å²) < 4.78 is 5.16. The number of amides is 1. The fourth-order valence-electron chi connectivity index (χ4n) is 6.60. The molecule has 1 amide bonds. The van der Waals surface area contributed by atoms with Crippen LogP contribution in [0.3, 0.4) is 0 Å². The molecule has 0 radical (unpaired) electrons. The molecule has 3 aliphatic rings. The molecule has 0 saturated heterocycles. The molecule has 0 bridgehead atoms. The maximum Gasteiger partial charge on any atom is 0.255 e. The van der Waals surface area contributed by atoms with Gasteiger partial charge in [-0.2, -0.15) is 0 Å². The van der Waals surface area contributed by atoms with Crippen LogP contribution in [-0.4, -0.2) is 80.8 Å². The normalized spacial score (nSPS) is 25.5. The first-order valence-electron chi connectivity index (χ1n) is 13.3. The minimum absolute atomic E-state index is 0.0118. The van der Waals surface area contributed by atoms with Gasteiger partial charge in [-0.1, -0.05) is 24.3 Å². The zero-order chi connectivity index (χ0) is 30.7. The maximum atomic E-state index is 13.9. The summed E-state index contributed by atoms with van der Waals surface area (Å²) in [5.41, 5.74) is 3.78. The molecule has 0 aromatic heterocycles. The Kier molecular flexibility index (Phi) is 7.12. The van der Waals surface area contributed by atoms with E-state index in [1.54, 1.807) is 32.3 Å². The number of primary amides is 1. The van der Waals surface area contributed by atoms with Crippen LogP contribution in [-0.2, 0) is 27.2 Å². The number of hydrogen-bond donors (Lipinski definition) is 6. The van der Waals surface area contributed by atoms with E-state index in [1.165, 1.54) is 24.1 Å². The van der Waals surface area contributed by atoms with Gasteiger partial charge >= 0.3 is 0 Å². The number of Topliss-reactive ketones (excluding diaryl/α,β-unsaturated/α-hetero) is 2. The van der Waals surface area contributed by atoms with Crippen LogP contribution in [0.2, 0.25) is 0 Å². The van der Waals surface area contributed by atoms with Gasteiger partial charge in [0.1, 0.15) is 22.8 Å². The van der Waals surface area contributed by atoms with Crippen LogP contribution in [0, 0.1) is 11.8 Å². The number of allylic oxidation sites excluding steroid dienone is 1. The predicted molar refractivity (Wildman–Crippen MR) is 152 cm³/mol. The predicted octanol–water partition coefficient (Wildman–Crippen LogP) is 1.93. The highest BCUT2D eigenvalue weighted by atomic mass is 16.5. The Morgan fingerprint density at radius 2 is 1.81 bits per heavy atom. The molecule has 1 fully saturated rings. The van der Waals surface area contributed by atoms with E-state index in [2.05, 4.69) is 0 Å². The van der Waals surface area contributed by atoms with Crippen molar-refractivity contribution in [1.29, 1.82) is 0 Å². The number of carbonyl (C=O) groups excluding carboxylic acids is 3. The zero-order valence-corrected chi connectivity index (χ0v) is 23.3. The van der Waals surface area contributed by atoms with Gasteiger partial charge in [-0.05, 0) is 74.2 Å². The number of carbonyl (C=O) groups is 3. The second-order valence-electron chi connectivity index (χ2n) is 11.1. The van der Waals surface area contributed by atoms with Crippen LogP contribution in [0.15, 0.2) is 53.3 Å². The van der Waals surface area contributed by atoms with E-state index in [9.17, 15) is 39.9 Å². The third kappa shape index (κ3) is 4.24. The van der Waals surface area contributed by atoms with Gasteiger partial charge < -0.3 is 36.0 Å². The number of aliphatic hydroxyl groups excluding tert-OH is 2. The summed E-state index contributed by atoms with van der Waals surface area (Å²) in [4.78, 5) is 40.7. The molecule has 0 spiro atoms.